The fourth-order valence-corrected chi connectivity index (χ4v) is 2.37. The molecule has 0 aliphatic heterocycles. The lowest BCUT2D eigenvalue weighted by Crippen LogP contribution is -1.95. The van der Waals surface area contributed by atoms with Gasteiger partial charge in [0.15, 0.2) is 0 Å². The third kappa shape index (κ3) is 4.28. The molecule has 9 heteroatoms. The SMILES string of the molecule is O=[N+]([O-])c1ccc(Nc2ccc(O)c(Nc3ccc([N+](=O)[O-])cc3)c2)cc1. The molecule has 0 fully saturated rings. The Morgan fingerprint density at radius 1 is 0.667 bits per heavy atom. The van der Waals surface area contributed by atoms with Gasteiger partial charge in [-0.2, -0.15) is 0 Å². The van der Waals surface area contributed by atoms with Gasteiger partial charge in [-0.15, -0.1) is 0 Å². The number of non-ortho nitro benzene ring substituents is 2. The molecule has 3 aromatic carbocycles. The monoisotopic (exact) mass is 366 g/mol. The Balaban J connectivity index is 1.77. The zero-order valence-electron chi connectivity index (χ0n) is 13.8. The zero-order chi connectivity index (χ0) is 19.4. The highest BCUT2D eigenvalue weighted by molar-refractivity contribution is 5.73. The van der Waals surface area contributed by atoms with Crippen molar-refractivity contribution >= 4 is 34.1 Å². The average Bonchev–Trinajstić information content (AvgIpc) is 2.65. The number of hydrogen-bond donors (Lipinski definition) is 3. The van der Waals surface area contributed by atoms with Crippen molar-refractivity contribution in [2.75, 3.05) is 10.6 Å². The van der Waals surface area contributed by atoms with E-state index < -0.39 is 9.85 Å². The van der Waals surface area contributed by atoms with E-state index in [0.29, 0.717) is 22.7 Å². The largest absolute Gasteiger partial charge is 0.506 e. The highest BCUT2D eigenvalue weighted by atomic mass is 16.6. The number of nitrogens with zero attached hydrogens (tertiary/aromatic N) is 2. The van der Waals surface area contributed by atoms with E-state index in [2.05, 4.69) is 10.6 Å². The van der Waals surface area contributed by atoms with Crippen LogP contribution in [0.15, 0.2) is 66.7 Å². The van der Waals surface area contributed by atoms with Crippen LogP contribution in [0.2, 0.25) is 0 Å². The Morgan fingerprint density at radius 3 is 1.59 bits per heavy atom. The number of hydrogen-bond acceptors (Lipinski definition) is 7. The van der Waals surface area contributed by atoms with E-state index in [4.69, 9.17) is 0 Å². The highest BCUT2D eigenvalue weighted by Crippen LogP contribution is 2.31. The Hall–Kier alpha value is -4.14. The molecule has 3 aromatic rings. The minimum atomic E-state index is -0.490. The number of nitro benzene ring substituents is 2. The second kappa shape index (κ2) is 7.40. The molecule has 0 saturated carbocycles. The molecule has 0 bridgehead atoms. The summed E-state index contributed by atoms with van der Waals surface area (Å²) in [5.41, 5.74) is 2.22. The van der Waals surface area contributed by atoms with E-state index in [1.807, 2.05) is 0 Å². The first kappa shape index (κ1) is 17.7. The van der Waals surface area contributed by atoms with Gasteiger partial charge < -0.3 is 15.7 Å². The standard InChI is InChI=1S/C18H14N4O5/c23-18-10-5-14(19-12-1-6-15(7-2-12)21(24)25)11-17(18)20-13-3-8-16(9-4-13)22(26)27/h1-11,19-20,23H. The minimum Gasteiger partial charge on any atom is -0.506 e. The fourth-order valence-electron chi connectivity index (χ4n) is 2.37. The molecule has 0 aliphatic rings. The second-order valence-electron chi connectivity index (χ2n) is 5.59. The molecule has 0 radical (unpaired) electrons. The van der Waals surface area contributed by atoms with E-state index >= 15 is 0 Å². The van der Waals surface area contributed by atoms with Crippen LogP contribution in [-0.2, 0) is 0 Å². The van der Waals surface area contributed by atoms with Crippen molar-refractivity contribution in [1.82, 2.24) is 0 Å². The van der Waals surface area contributed by atoms with Crippen LogP contribution in [0.4, 0.5) is 34.1 Å². The van der Waals surface area contributed by atoms with Gasteiger partial charge in [-0.3, -0.25) is 20.2 Å². The topological polar surface area (TPSA) is 131 Å². The van der Waals surface area contributed by atoms with Crippen LogP contribution >= 0.6 is 0 Å². The Labute approximate surface area is 153 Å². The van der Waals surface area contributed by atoms with Crippen LogP contribution in [-0.4, -0.2) is 15.0 Å². The Kier molecular flexibility index (Phi) is 4.84. The molecule has 27 heavy (non-hydrogen) atoms. The fraction of sp³-hybridized carbons (Fsp3) is 0. The second-order valence-corrected chi connectivity index (χ2v) is 5.59. The molecule has 9 nitrogen and oxygen atoms in total. The summed E-state index contributed by atoms with van der Waals surface area (Å²) in [4.78, 5) is 20.4. The predicted octanol–water partition coefficient (Wildman–Crippen LogP) is 4.70. The van der Waals surface area contributed by atoms with Crippen LogP contribution < -0.4 is 10.6 Å². The van der Waals surface area contributed by atoms with Crippen molar-refractivity contribution in [3.8, 4) is 5.75 Å². The summed E-state index contributed by atoms with van der Waals surface area (Å²) in [5, 5.41) is 37.5. The minimum absolute atomic E-state index is 0.00241. The van der Waals surface area contributed by atoms with Crippen LogP contribution in [0.5, 0.6) is 5.75 Å². The summed E-state index contributed by atoms with van der Waals surface area (Å²) in [6.07, 6.45) is 0. The van der Waals surface area contributed by atoms with Gasteiger partial charge >= 0.3 is 0 Å². The van der Waals surface area contributed by atoms with Gasteiger partial charge in [-0.25, -0.2) is 0 Å². The van der Waals surface area contributed by atoms with Gasteiger partial charge in [0.2, 0.25) is 0 Å². The third-order valence-electron chi connectivity index (χ3n) is 3.72. The summed E-state index contributed by atoms with van der Waals surface area (Å²) in [6.45, 7) is 0. The molecule has 0 unspecified atom stereocenters. The first-order valence-electron chi connectivity index (χ1n) is 7.78. The molecule has 136 valence electrons. The summed E-state index contributed by atoms with van der Waals surface area (Å²) in [6, 6.07) is 16.5. The molecule has 0 saturated heterocycles. The summed E-state index contributed by atoms with van der Waals surface area (Å²) in [5.74, 6) is 0.00241. The molecule has 3 N–H and O–H groups in total. The third-order valence-corrected chi connectivity index (χ3v) is 3.72. The van der Waals surface area contributed by atoms with Crippen molar-refractivity contribution in [2.24, 2.45) is 0 Å². The number of rotatable bonds is 6. The van der Waals surface area contributed by atoms with Crippen LogP contribution in [0.3, 0.4) is 0 Å². The lowest BCUT2D eigenvalue weighted by atomic mass is 10.2. The van der Waals surface area contributed by atoms with Gasteiger partial charge in [-0.1, -0.05) is 0 Å². The summed E-state index contributed by atoms with van der Waals surface area (Å²) >= 11 is 0. The van der Waals surface area contributed by atoms with E-state index in [-0.39, 0.29) is 17.1 Å². The molecule has 0 spiro atoms. The average molecular weight is 366 g/mol. The zero-order valence-corrected chi connectivity index (χ0v) is 13.8. The number of anilines is 4. The van der Waals surface area contributed by atoms with Crippen LogP contribution in [0.25, 0.3) is 0 Å². The van der Waals surface area contributed by atoms with Crippen LogP contribution in [0.1, 0.15) is 0 Å². The molecule has 0 heterocycles. The number of phenols is 1. The van der Waals surface area contributed by atoms with E-state index in [0.717, 1.165) is 0 Å². The Bertz CT molecular complexity index is 988. The van der Waals surface area contributed by atoms with Gasteiger partial charge in [0.25, 0.3) is 11.4 Å². The quantitative estimate of drug-likeness (QED) is 0.249. The maximum absolute atomic E-state index is 10.7. The summed E-state index contributed by atoms with van der Waals surface area (Å²) < 4.78 is 0. The highest BCUT2D eigenvalue weighted by Gasteiger charge is 2.08. The van der Waals surface area contributed by atoms with E-state index in [1.54, 1.807) is 24.3 Å². The first-order valence-corrected chi connectivity index (χ1v) is 7.78. The number of nitro groups is 2. The molecule has 3 rings (SSSR count). The van der Waals surface area contributed by atoms with Crippen molar-refractivity contribution in [3.05, 3.63) is 87.0 Å². The van der Waals surface area contributed by atoms with Crippen LogP contribution in [0, 0.1) is 20.2 Å². The van der Waals surface area contributed by atoms with Crippen molar-refractivity contribution in [1.29, 1.82) is 0 Å². The normalized spacial score (nSPS) is 10.2. The lowest BCUT2D eigenvalue weighted by Gasteiger charge is -2.12. The van der Waals surface area contributed by atoms with Gasteiger partial charge in [0.05, 0.1) is 15.5 Å². The van der Waals surface area contributed by atoms with Crippen molar-refractivity contribution < 1.29 is 15.0 Å². The Morgan fingerprint density at radius 2 is 1.11 bits per heavy atom. The molecule has 0 aliphatic carbocycles. The van der Waals surface area contributed by atoms with E-state index in [1.165, 1.54) is 42.5 Å². The molecule has 0 atom stereocenters. The van der Waals surface area contributed by atoms with Crippen molar-refractivity contribution in [3.63, 3.8) is 0 Å². The molecular formula is C18H14N4O5. The first-order chi connectivity index (χ1) is 12.9. The lowest BCUT2D eigenvalue weighted by molar-refractivity contribution is -0.385. The van der Waals surface area contributed by atoms with E-state index in [9.17, 15) is 25.3 Å². The molecule has 0 aromatic heterocycles. The number of aromatic hydroxyl groups is 1. The smallest absolute Gasteiger partial charge is 0.269 e. The van der Waals surface area contributed by atoms with Gasteiger partial charge in [0, 0.05) is 41.3 Å². The summed E-state index contributed by atoms with van der Waals surface area (Å²) in [7, 11) is 0. The van der Waals surface area contributed by atoms with Gasteiger partial charge in [-0.05, 0) is 42.5 Å². The maximum Gasteiger partial charge on any atom is 0.269 e. The number of benzene rings is 3. The molecular weight excluding hydrogens is 352 g/mol. The van der Waals surface area contributed by atoms with Gasteiger partial charge in [0.1, 0.15) is 5.75 Å². The molecule has 0 amide bonds. The maximum atomic E-state index is 10.7. The predicted molar refractivity (Wildman–Crippen MR) is 101 cm³/mol. The number of nitrogens with one attached hydrogen (secondary N) is 2. The number of phenolic OH excluding ortho intramolecular Hbond substituents is 1. The van der Waals surface area contributed by atoms with Crippen molar-refractivity contribution in [2.45, 2.75) is 0 Å².